The number of aromatic nitrogens is 1. The topological polar surface area (TPSA) is 79.8 Å². The van der Waals surface area contributed by atoms with Crippen LogP contribution in [-0.4, -0.2) is 59.8 Å². The Morgan fingerprint density at radius 2 is 1.97 bits per heavy atom. The van der Waals surface area contributed by atoms with Crippen molar-refractivity contribution in [3.8, 4) is 0 Å². The van der Waals surface area contributed by atoms with Crippen molar-refractivity contribution in [3.63, 3.8) is 0 Å². The molecular formula is C22H21N3O4. The van der Waals surface area contributed by atoms with Crippen molar-refractivity contribution in [1.82, 2.24) is 9.88 Å². The Morgan fingerprint density at radius 3 is 2.72 bits per heavy atom. The number of hydrogen-bond acceptors (Lipinski definition) is 6. The Balaban J connectivity index is 1.67. The van der Waals surface area contributed by atoms with Gasteiger partial charge in [-0.2, -0.15) is 0 Å². The van der Waals surface area contributed by atoms with Crippen LogP contribution in [-0.2, 0) is 19.1 Å². The minimum atomic E-state index is -0.690. The minimum absolute atomic E-state index is 0.119. The predicted molar refractivity (Wildman–Crippen MR) is 107 cm³/mol. The highest BCUT2D eigenvalue weighted by Crippen LogP contribution is 2.49. The summed E-state index contributed by atoms with van der Waals surface area (Å²) >= 11 is 0. The van der Waals surface area contributed by atoms with E-state index in [0.29, 0.717) is 0 Å². The number of ketones is 1. The maximum Gasteiger partial charge on any atom is 0.235 e. The number of likely N-dealkylation sites (tertiary alicyclic amines) is 1. The molecular weight excluding hydrogens is 370 g/mol. The molecule has 148 valence electrons. The second-order valence-electron chi connectivity index (χ2n) is 7.76. The lowest BCUT2D eigenvalue weighted by molar-refractivity contribution is -0.141. The summed E-state index contributed by atoms with van der Waals surface area (Å²) in [5.74, 6) is -1.88. The van der Waals surface area contributed by atoms with Crippen LogP contribution in [0.1, 0.15) is 12.5 Å². The molecule has 1 aromatic carbocycles. The number of ether oxygens (including phenoxy) is 1. The van der Waals surface area contributed by atoms with E-state index in [1.807, 2.05) is 41.3 Å². The number of carbonyl (C=O) groups excluding carboxylic acids is 3. The molecule has 2 aromatic rings. The fourth-order valence-electron chi connectivity index (χ4n) is 5.10. The van der Waals surface area contributed by atoms with E-state index in [9.17, 15) is 14.4 Å². The number of fused-ring (bicyclic) bond motifs is 7. The highest BCUT2D eigenvalue weighted by atomic mass is 16.5. The molecule has 0 radical (unpaired) electrons. The maximum atomic E-state index is 13.2. The molecule has 1 aromatic heterocycles. The van der Waals surface area contributed by atoms with Gasteiger partial charge in [-0.1, -0.05) is 30.4 Å². The van der Waals surface area contributed by atoms with Crippen molar-refractivity contribution in [2.75, 3.05) is 25.2 Å². The molecule has 7 heteroatoms. The molecule has 29 heavy (non-hydrogen) atoms. The Labute approximate surface area is 167 Å². The normalized spacial score (nSPS) is 27.4. The summed E-state index contributed by atoms with van der Waals surface area (Å²) < 4.78 is 5.05. The minimum Gasteiger partial charge on any atom is -0.383 e. The van der Waals surface area contributed by atoms with Gasteiger partial charge in [-0.15, -0.1) is 0 Å². The van der Waals surface area contributed by atoms with Crippen LogP contribution in [0.25, 0.3) is 17.0 Å². The molecule has 2 saturated heterocycles. The molecule has 3 aliphatic heterocycles. The number of rotatable bonds is 4. The zero-order valence-corrected chi connectivity index (χ0v) is 16.2. The summed E-state index contributed by atoms with van der Waals surface area (Å²) in [6.45, 7) is 1.99. The molecule has 2 amide bonds. The van der Waals surface area contributed by atoms with Gasteiger partial charge in [0.1, 0.15) is 6.04 Å². The molecule has 0 unspecified atom stereocenters. The van der Waals surface area contributed by atoms with E-state index in [-0.39, 0.29) is 36.8 Å². The zero-order chi connectivity index (χ0) is 20.3. The SMILES string of the molecule is COCCN1C(=O)[C@@H]2[C@H](C1=O)[C@@H](C(C)=O)N1c3c(ccc4cccnc34)C=C[C@H]21. The van der Waals surface area contributed by atoms with E-state index < -0.39 is 17.9 Å². The summed E-state index contributed by atoms with van der Waals surface area (Å²) in [4.78, 5) is 46.9. The average molecular weight is 391 g/mol. The Kier molecular flexibility index (Phi) is 4.03. The molecule has 7 nitrogen and oxygen atoms in total. The maximum absolute atomic E-state index is 13.2. The average Bonchev–Trinajstić information content (AvgIpc) is 3.19. The summed E-state index contributed by atoms with van der Waals surface area (Å²) in [5.41, 5.74) is 2.55. The monoisotopic (exact) mass is 391 g/mol. The van der Waals surface area contributed by atoms with E-state index in [2.05, 4.69) is 4.98 Å². The lowest BCUT2D eigenvalue weighted by Crippen LogP contribution is -2.48. The van der Waals surface area contributed by atoms with Crippen LogP contribution in [0.5, 0.6) is 0 Å². The molecule has 3 aliphatic rings. The van der Waals surface area contributed by atoms with E-state index in [1.165, 1.54) is 18.9 Å². The Hall–Kier alpha value is -3.06. The van der Waals surface area contributed by atoms with Gasteiger partial charge in [0.15, 0.2) is 5.78 Å². The number of carbonyl (C=O) groups is 3. The van der Waals surface area contributed by atoms with Crippen molar-refractivity contribution in [2.45, 2.75) is 19.0 Å². The third-order valence-corrected chi connectivity index (χ3v) is 6.26. The molecule has 4 heterocycles. The van der Waals surface area contributed by atoms with E-state index >= 15 is 0 Å². The van der Waals surface area contributed by atoms with Gasteiger partial charge in [0.05, 0.1) is 42.2 Å². The quantitative estimate of drug-likeness (QED) is 0.738. The van der Waals surface area contributed by atoms with Crippen LogP contribution < -0.4 is 4.90 Å². The number of Topliss-reactive ketones (excluding diaryl/α,β-unsaturated/α-hetero) is 1. The number of methoxy groups -OCH3 is 1. The molecule has 0 spiro atoms. The lowest BCUT2D eigenvalue weighted by atomic mass is 9.88. The smallest absolute Gasteiger partial charge is 0.235 e. The van der Waals surface area contributed by atoms with Crippen molar-refractivity contribution in [2.24, 2.45) is 11.8 Å². The van der Waals surface area contributed by atoms with Gasteiger partial charge < -0.3 is 9.64 Å². The number of imide groups is 1. The molecule has 0 saturated carbocycles. The van der Waals surface area contributed by atoms with E-state index in [0.717, 1.165) is 22.2 Å². The van der Waals surface area contributed by atoms with Crippen molar-refractivity contribution in [3.05, 3.63) is 42.1 Å². The van der Waals surface area contributed by atoms with Gasteiger partial charge >= 0.3 is 0 Å². The number of nitrogens with zero attached hydrogens (tertiary/aromatic N) is 3. The standard InChI is InChI=1S/C22H21N3O4/c1-12(26)19-17-16(21(27)24(22(17)28)10-11-29-2)15-8-7-14-6-5-13-4-3-9-23-18(13)20(14)25(15)19/h3-9,15-17,19H,10-11H2,1-2H3/t15-,16+,17+,19-/m1/s1. The van der Waals surface area contributed by atoms with Gasteiger partial charge in [0.2, 0.25) is 11.8 Å². The number of hydrogen-bond donors (Lipinski definition) is 0. The predicted octanol–water partition coefficient (Wildman–Crippen LogP) is 1.66. The molecule has 2 fully saturated rings. The first-order chi connectivity index (χ1) is 14.0. The first-order valence-electron chi connectivity index (χ1n) is 9.73. The molecule has 0 aliphatic carbocycles. The first-order valence-corrected chi connectivity index (χ1v) is 9.73. The second-order valence-corrected chi connectivity index (χ2v) is 7.76. The fourth-order valence-corrected chi connectivity index (χ4v) is 5.10. The van der Waals surface area contributed by atoms with Crippen LogP contribution in [0, 0.1) is 11.8 Å². The van der Waals surface area contributed by atoms with Crippen LogP contribution in [0.2, 0.25) is 0 Å². The molecule has 0 N–H and O–H groups in total. The zero-order valence-electron chi connectivity index (χ0n) is 16.2. The molecule has 4 atom stereocenters. The van der Waals surface area contributed by atoms with E-state index in [1.54, 1.807) is 6.20 Å². The van der Waals surface area contributed by atoms with Crippen LogP contribution in [0.4, 0.5) is 5.69 Å². The number of pyridine rings is 1. The molecule has 0 bridgehead atoms. The lowest BCUT2D eigenvalue weighted by Gasteiger charge is -2.36. The number of anilines is 1. The summed E-state index contributed by atoms with van der Waals surface area (Å²) in [6, 6.07) is 6.79. The van der Waals surface area contributed by atoms with Gasteiger partial charge in [0, 0.05) is 18.7 Å². The van der Waals surface area contributed by atoms with Gasteiger partial charge in [0.25, 0.3) is 0 Å². The van der Waals surface area contributed by atoms with Crippen molar-refractivity contribution >= 4 is 40.3 Å². The highest BCUT2D eigenvalue weighted by Gasteiger charge is 2.63. The third kappa shape index (κ3) is 2.40. The highest BCUT2D eigenvalue weighted by molar-refractivity contribution is 6.12. The summed E-state index contributed by atoms with van der Waals surface area (Å²) in [6.07, 6.45) is 5.64. The summed E-state index contributed by atoms with van der Waals surface area (Å²) in [5, 5.41) is 0.957. The first kappa shape index (κ1) is 18.0. The Morgan fingerprint density at radius 1 is 1.17 bits per heavy atom. The summed E-state index contributed by atoms with van der Waals surface area (Å²) in [7, 11) is 1.53. The largest absolute Gasteiger partial charge is 0.383 e. The van der Waals surface area contributed by atoms with E-state index in [4.69, 9.17) is 4.74 Å². The number of amides is 2. The van der Waals surface area contributed by atoms with Gasteiger partial charge in [-0.05, 0) is 18.6 Å². The third-order valence-electron chi connectivity index (χ3n) is 6.26. The van der Waals surface area contributed by atoms with Crippen molar-refractivity contribution in [1.29, 1.82) is 0 Å². The van der Waals surface area contributed by atoms with Crippen molar-refractivity contribution < 1.29 is 19.1 Å². The van der Waals surface area contributed by atoms with Crippen LogP contribution >= 0.6 is 0 Å². The van der Waals surface area contributed by atoms with Gasteiger partial charge in [-0.3, -0.25) is 24.3 Å². The van der Waals surface area contributed by atoms with Gasteiger partial charge in [-0.25, -0.2) is 0 Å². The van der Waals surface area contributed by atoms with Crippen LogP contribution in [0.15, 0.2) is 36.5 Å². The fraction of sp³-hybridized carbons (Fsp3) is 0.364. The second kappa shape index (κ2) is 6.49. The molecule has 5 rings (SSSR count). The number of benzene rings is 1. The Bertz CT molecular complexity index is 1080. The van der Waals surface area contributed by atoms with Crippen LogP contribution in [0.3, 0.4) is 0 Å².